The third-order valence-corrected chi connectivity index (χ3v) is 6.32. The molecule has 0 aliphatic rings. The van der Waals surface area contributed by atoms with Crippen LogP contribution < -0.4 is 0 Å². The first kappa shape index (κ1) is 18.7. The van der Waals surface area contributed by atoms with E-state index < -0.39 is 0 Å². The predicted molar refractivity (Wildman–Crippen MR) is 137 cm³/mol. The maximum atomic E-state index is 2.39. The molecule has 0 saturated heterocycles. The molecular formula is C30H24N2. The molecule has 2 heteroatoms. The van der Waals surface area contributed by atoms with Gasteiger partial charge in [0.05, 0.1) is 0 Å². The van der Waals surface area contributed by atoms with Gasteiger partial charge in [-0.2, -0.15) is 0 Å². The van der Waals surface area contributed by atoms with E-state index in [-0.39, 0.29) is 0 Å². The molecule has 0 aliphatic carbocycles. The van der Waals surface area contributed by atoms with Crippen LogP contribution in [0.3, 0.4) is 0 Å². The van der Waals surface area contributed by atoms with Crippen LogP contribution in [0.25, 0.3) is 43.6 Å². The molecule has 0 aliphatic heterocycles. The Labute approximate surface area is 187 Å². The molecule has 4 aromatic carbocycles. The van der Waals surface area contributed by atoms with Crippen molar-refractivity contribution in [3.63, 3.8) is 0 Å². The van der Waals surface area contributed by atoms with Crippen molar-refractivity contribution in [2.45, 2.75) is 13.1 Å². The minimum absolute atomic E-state index is 0.855. The molecule has 0 amide bonds. The largest absolute Gasteiger partial charge is 0.337 e. The lowest BCUT2D eigenvalue weighted by molar-refractivity contribution is 0.894. The normalized spacial score (nSPS) is 12.4. The first-order chi connectivity index (χ1) is 15.9. The summed E-state index contributed by atoms with van der Waals surface area (Å²) < 4.78 is 4.78. The minimum atomic E-state index is 0.855. The monoisotopic (exact) mass is 412 g/mol. The van der Waals surface area contributed by atoms with E-state index in [1.54, 1.807) is 0 Å². The molecule has 2 nitrogen and oxygen atoms in total. The number of hydrogen-bond acceptors (Lipinski definition) is 0. The van der Waals surface area contributed by atoms with Gasteiger partial charge < -0.3 is 9.13 Å². The third-order valence-electron chi connectivity index (χ3n) is 6.32. The summed E-state index contributed by atoms with van der Waals surface area (Å²) in [5.74, 6) is 0. The first-order valence-electron chi connectivity index (χ1n) is 11.2. The van der Waals surface area contributed by atoms with Gasteiger partial charge in [-0.15, -0.1) is 0 Å². The molecule has 0 atom stereocenters. The summed E-state index contributed by atoms with van der Waals surface area (Å²) in [7, 11) is 0. The van der Waals surface area contributed by atoms with Gasteiger partial charge in [0, 0.05) is 56.7 Å². The summed E-state index contributed by atoms with van der Waals surface area (Å²) in [5, 5.41) is 5.27. The third kappa shape index (κ3) is 3.04. The Morgan fingerprint density at radius 3 is 1.00 bits per heavy atom. The number of fused-ring (bicyclic) bond motifs is 6. The second-order valence-electron chi connectivity index (χ2n) is 8.15. The molecule has 2 heterocycles. The molecule has 0 fully saturated rings. The predicted octanol–water partition coefficient (Wildman–Crippen LogP) is 7.72. The van der Waals surface area contributed by atoms with Crippen LogP contribution in [0.5, 0.6) is 0 Å². The van der Waals surface area contributed by atoms with E-state index in [9.17, 15) is 0 Å². The van der Waals surface area contributed by atoms with Crippen LogP contribution in [0.15, 0.2) is 121 Å². The topological polar surface area (TPSA) is 9.86 Å². The van der Waals surface area contributed by atoms with Crippen molar-refractivity contribution in [2.75, 3.05) is 0 Å². The number of allylic oxidation sites excluding steroid dienone is 4. The van der Waals surface area contributed by atoms with E-state index in [2.05, 4.69) is 131 Å². The lowest BCUT2D eigenvalue weighted by Crippen LogP contribution is -1.94. The van der Waals surface area contributed by atoms with Crippen molar-refractivity contribution >= 4 is 43.6 Å². The summed E-state index contributed by atoms with van der Waals surface area (Å²) in [6.45, 7) is 1.71. The van der Waals surface area contributed by atoms with Gasteiger partial charge in [0.1, 0.15) is 0 Å². The molecule has 0 bridgehead atoms. The van der Waals surface area contributed by atoms with Crippen LogP contribution in [0, 0.1) is 0 Å². The molecular weight excluding hydrogens is 388 g/mol. The zero-order chi connectivity index (χ0) is 21.3. The van der Waals surface area contributed by atoms with Crippen molar-refractivity contribution < 1.29 is 0 Å². The number of rotatable bonds is 5. The van der Waals surface area contributed by atoms with Crippen molar-refractivity contribution in [3.8, 4) is 0 Å². The molecule has 32 heavy (non-hydrogen) atoms. The highest BCUT2D eigenvalue weighted by atomic mass is 15.0. The second-order valence-corrected chi connectivity index (χ2v) is 8.15. The summed E-state index contributed by atoms with van der Waals surface area (Å²) in [5.41, 5.74) is 5.14. The Hall–Kier alpha value is -4.04. The van der Waals surface area contributed by atoms with Crippen LogP contribution in [-0.2, 0) is 13.1 Å². The van der Waals surface area contributed by atoms with Crippen molar-refractivity contribution in [2.24, 2.45) is 0 Å². The molecule has 6 rings (SSSR count). The minimum Gasteiger partial charge on any atom is -0.337 e. The van der Waals surface area contributed by atoms with Crippen LogP contribution >= 0.6 is 0 Å². The van der Waals surface area contributed by atoms with Crippen molar-refractivity contribution in [1.82, 2.24) is 9.13 Å². The van der Waals surface area contributed by atoms with Gasteiger partial charge in [0.15, 0.2) is 0 Å². The highest BCUT2D eigenvalue weighted by molar-refractivity contribution is 6.08. The van der Waals surface area contributed by atoms with Gasteiger partial charge >= 0.3 is 0 Å². The number of hydrogen-bond donors (Lipinski definition) is 0. The quantitative estimate of drug-likeness (QED) is 0.257. The zero-order valence-corrected chi connectivity index (χ0v) is 17.9. The molecule has 0 unspecified atom stereocenters. The average molecular weight is 413 g/mol. The lowest BCUT2D eigenvalue weighted by Gasteiger charge is -2.04. The van der Waals surface area contributed by atoms with E-state index in [4.69, 9.17) is 0 Å². The van der Waals surface area contributed by atoms with Crippen molar-refractivity contribution in [1.29, 1.82) is 0 Å². The lowest BCUT2D eigenvalue weighted by atomic mass is 10.2. The van der Waals surface area contributed by atoms with Crippen LogP contribution in [0.2, 0.25) is 0 Å². The molecule has 0 saturated carbocycles. The maximum absolute atomic E-state index is 2.39. The summed E-state index contributed by atoms with van der Waals surface area (Å²) in [4.78, 5) is 0. The van der Waals surface area contributed by atoms with Crippen molar-refractivity contribution in [3.05, 3.63) is 121 Å². The first-order valence-corrected chi connectivity index (χ1v) is 11.2. The molecule has 2 aromatic heterocycles. The Kier molecular flexibility index (Phi) is 4.62. The van der Waals surface area contributed by atoms with E-state index in [0.29, 0.717) is 0 Å². The molecule has 0 spiro atoms. The van der Waals surface area contributed by atoms with Gasteiger partial charge in [-0.25, -0.2) is 0 Å². The number of aromatic nitrogens is 2. The fourth-order valence-corrected chi connectivity index (χ4v) is 4.89. The van der Waals surface area contributed by atoms with Gasteiger partial charge in [0.25, 0.3) is 0 Å². The van der Waals surface area contributed by atoms with Crippen LogP contribution in [-0.4, -0.2) is 9.13 Å². The van der Waals surface area contributed by atoms with Gasteiger partial charge in [-0.1, -0.05) is 97.1 Å². The Morgan fingerprint density at radius 1 is 0.406 bits per heavy atom. The van der Waals surface area contributed by atoms with Gasteiger partial charge in [0.2, 0.25) is 0 Å². The van der Waals surface area contributed by atoms with Gasteiger partial charge in [-0.05, 0) is 24.3 Å². The van der Waals surface area contributed by atoms with Crippen LogP contribution in [0.4, 0.5) is 0 Å². The second kappa shape index (κ2) is 7.90. The SMILES string of the molecule is C(C=CCn1c2ccccc2c2ccccc21)=CCn1c2ccccc2c2ccccc21. The zero-order valence-electron chi connectivity index (χ0n) is 17.9. The summed E-state index contributed by atoms with van der Waals surface area (Å²) >= 11 is 0. The van der Waals surface area contributed by atoms with E-state index in [1.807, 2.05) is 0 Å². The average Bonchev–Trinajstić information content (AvgIpc) is 3.35. The fraction of sp³-hybridized carbons (Fsp3) is 0.0667. The maximum Gasteiger partial charge on any atom is 0.0494 e. The number of benzene rings is 4. The highest BCUT2D eigenvalue weighted by Gasteiger charge is 2.09. The van der Waals surface area contributed by atoms with E-state index in [1.165, 1.54) is 43.6 Å². The standard InChI is InChI=1S/C30H24N2/c1(11-21-31-27-17-7-3-13-23(27)24-14-4-8-18-28(24)31)2-12-22-32-29-19-9-5-15-25(29)26-16-6-10-20-30(26)32/h1-20H,21-22H2. The molecule has 0 N–H and O–H groups in total. The van der Waals surface area contributed by atoms with E-state index in [0.717, 1.165) is 13.1 Å². The fourth-order valence-electron chi connectivity index (χ4n) is 4.89. The summed E-state index contributed by atoms with van der Waals surface area (Å²) in [6.07, 6.45) is 8.80. The smallest absolute Gasteiger partial charge is 0.0494 e. The Bertz CT molecular complexity index is 1390. The Balaban J connectivity index is 1.25. The molecule has 154 valence electrons. The van der Waals surface area contributed by atoms with Crippen LogP contribution in [0.1, 0.15) is 0 Å². The molecule has 6 aromatic rings. The van der Waals surface area contributed by atoms with Gasteiger partial charge in [-0.3, -0.25) is 0 Å². The Morgan fingerprint density at radius 2 is 0.688 bits per heavy atom. The number of nitrogens with zero attached hydrogens (tertiary/aromatic N) is 2. The van der Waals surface area contributed by atoms with E-state index >= 15 is 0 Å². The highest BCUT2D eigenvalue weighted by Crippen LogP contribution is 2.29. The number of para-hydroxylation sites is 4. The molecule has 0 radical (unpaired) electrons. The summed E-state index contributed by atoms with van der Waals surface area (Å²) in [6, 6.07) is 34.6.